The normalized spacial score (nSPS) is 11.9. The number of rotatable bonds is 14. The van der Waals surface area contributed by atoms with E-state index < -0.39 is 36.0 Å². The van der Waals surface area contributed by atoms with E-state index in [1.165, 1.54) is 19.1 Å². The molecule has 3 amide bonds. The Morgan fingerprint density at radius 3 is 2.21 bits per heavy atom. The summed E-state index contributed by atoms with van der Waals surface area (Å²) >= 11 is 0. The topological polar surface area (TPSA) is 186 Å². The van der Waals surface area contributed by atoms with Crippen molar-refractivity contribution in [2.24, 2.45) is 5.73 Å². The predicted molar refractivity (Wildman–Crippen MR) is 136 cm³/mol. The highest BCUT2D eigenvalue weighted by atomic mass is 16.6. The molecular formula is C26H32N4O8. The molecule has 0 heterocycles. The van der Waals surface area contributed by atoms with E-state index in [9.17, 15) is 29.1 Å². The summed E-state index contributed by atoms with van der Waals surface area (Å²) in [7, 11) is 0. The highest BCUT2D eigenvalue weighted by Gasteiger charge is 2.21. The highest BCUT2D eigenvalue weighted by molar-refractivity contribution is 5.84. The van der Waals surface area contributed by atoms with Crippen molar-refractivity contribution >= 4 is 29.8 Å². The summed E-state index contributed by atoms with van der Waals surface area (Å²) in [6, 6.07) is 13.0. The van der Waals surface area contributed by atoms with E-state index in [0.29, 0.717) is 5.56 Å². The quantitative estimate of drug-likeness (QED) is 0.175. The van der Waals surface area contributed by atoms with Crippen LogP contribution in [0, 0.1) is 0 Å². The largest absolute Gasteiger partial charge is 0.480 e. The molecule has 0 aliphatic rings. The van der Waals surface area contributed by atoms with Crippen molar-refractivity contribution < 1.29 is 38.6 Å². The molecule has 2 aromatic carbocycles. The van der Waals surface area contributed by atoms with E-state index in [4.69, 9.17) is 15.2 Å². The lowest BCUT2D eigenvalue weighted by molar-refractivity contribution is -0.141. The molecule has 0 fully saturated rings. The molecule has 12 heteroatoms. The second-order valence-electron chi connectivity index (χ2n) is 8.29. The number of carboxylic acid groups (broad SMARTS) is 1. The Bertz CT molecular complexity index is 1090. The standard InChI is InChI=1S/C26H32N4O8/c1-17(29-26(36)37-16-19-5-3-2-4-6-19)25(35)38-20-9-7-18(8-10-20)15-21(24(33)34)30-23(32)12-14-28-22(31)11-13-27/h2-10,17,21H,11-16,27H2,1H3,(H,28,31)(H,29,36)(H,30,32)(H,33,34)/t17-,21-/m0/s1. The van der Waals surface area contributed by atoms with Gasteiger partial charge in [-0.1, -0.05) is 42.5 Å². The van der Waals surface area contributed by atoms with Gasteiger partial charge < -0.3 is 36.3 Å². The van der Waals surface area contributed by atoms with Crippen molar-refractivity contribution in [3.8, 4) is 5.75 Å². The first-order valence-corrected chi connectivity index (χ1v) is 11.9. The van der Waals surface area contributed by atoms with E-state index in [2.05, 4.69) is 16.0 Å². The zero-order valence-electron chi connectivity index (χ0n) is 21.0. The van der Waals surface area contributed by atoms with Gasteiger partial charge in [0, 0.05) is 32.4 Å². The van der Waals surface area contributed by atoms with Crippen LogP contribution in [0.2, 0.25) is 0 Å². The van der Waals surface area contributed by atoms with Crippen LogP contribution in [0.25, 0.3) is 0 Å². The third kappa shape index (κ3) is 11.1. The van der Waals surface area contributed by atoms with Crippen LogP contribution in [0.15, 0.2) is 54.6 Å². The van der Waals surface area contributed by atoms with E-state index in [1.807, 2.05) is 18.2 Å². The number of ether oxygens (including phenoxy) is 2. The molecule has 2 atom stereocenters. The number of aliphatic carboxylic acids is 1. The van der Waals surface area contributed by atoms with Crippen molar-refractivity contribution in [3.63, 3.8) is 0 Å². The zero-order valence-corrected chi connectivity index (χ0v) is 21.0. The molecule has 0 spiro atoms. The lowest BCUT2D eigenvalue weighted by Crippen LogP contribution is -2.43. The maximum absolute atomic E-state index is 12.3. The van der Waals surface area contributed by atoms with Crippen molar-refractivity contribution in [2.75, 3.05) is 13.1 Å². The Balaban J connectivity index is 1.79. The Labute approximate surface area is 219 Å². The van der Waals surface area contributed by atoms with Gasteiger partial charge in [0.15, 0.2) is 0 Å². The Morgan fingerprint density at radius 2 is 1.58 bits per heavy atom. The fourth-order valence-electron chi connectivity index (χ4n) is 3.14. The van der Waals surface area contributed by atoms with Crippen molar-refractivity contribution in [1.29, 1.82) is 0 Å². The molecule has 2 aromatic rings. The van der Waals surface area contributed by atoms with Crippen LogP contribution in [-0.4, -0.2) is 60.1 Å². The average Bonchev–Trinajstić information content (AvgIpc) is 2.88. The summed E-state index contributed by atoms with van der Waals surface area (Å²) in [5, 5.41) is 16.8. The number of nitrogens with one attached hydrogen (secondary N) is 3. The number of carbonyl (C=O) groups excluding carboxylic acids is 4. The molecule has 0 saturated heterocycles. The Hall–Kier alpha value is -4.45. The van der Waals surface area contributed by atoms with Gasteiger partial charge in [0.05, 0.1) is 0 Å². The fraction of sp³-hybridized carbons (Fsp3) is 0.346. The van der Waals surface area contributed by atoms with E-state index in [1.54, 1.807) is 24.3 Å². The van der Waals surface area contributed by atoms with Crippen molar-refractivity contribution in [3.05, 3.63) is 65.7 Å². The number of esters is 1. The summed E-state index contributed by atoms with van der Waals surface area (Å²) in [4.78, 5) is 59.3. The van der Waals surface area contributed by atoms with Gasteiger partial charge in [0.25, 0.3) is 0 Å². The van der Waals surface area contributed by atoms with Crippen molar-refractivity contribution in [1.82, 2.24) is 16.0 Å². The van der Waals surface area contributed by atoms with Crippen LogP contribution in [0.1, 0.15) is 30.9 Å². The first-order chi connectivity index (χ1) is 18.2. The van der Waals surface area contributed by atoms with E-state index >= 15 is 0 Å². The Kier molecular flexibility index (Phi) is 12.2. The number of carbonyl (C=O) groups is 5. The van der Waals surface area contributed by atoms with Gasteiger partial charge in [-0.05, 0) is 30.2 Å². The van der Waals surface area contributed by atoms with Gasteiger partial charge in [0.2, 0.25) is 11.8 Å². The third-order valence-electron chi connectivity index (χ3n) is 5.16. The zero-order chi connectivity index (χ0) is 27.9. The second kappa shape index (κ2) is 15.6. The van der Waals surface area contributed by atoms with Gasteiger partial charge in [-0.3, -0.25) is 9.59 Å². The molecule has 204 valence electrons. The molecule has 0 aliphatic heterocycles. The Morgan fingerprint density at radius 1 is 0.895 bits per heavy atom. The predicted octanol–water partition coefficient (Wildman–Crippen LogP) is 0.874. The summed E-state index contributed by atoms with van der Waals surface area (Å²) in [6.45, 7) is 1.76. The number of alkyl carbamates (subject to hydrolysis) is 1. The molecule has 0 aromatic heterocycles. The summed E-state index contributed by atoms with van der Waals surface area (Å²) in [5.41, 5.74) is 6.65. The van der Waals surface area contributed by atoms with Gasteiger partial charge in [-0.25, -0.2) is 14.4 Å². The first-order valence-electron chi connectivity index (χ1n) is 11.9. The van der Waals surface area contributed by atoms with Crippen LogP contribution < -0.4 is 26.4 Å². The van der Waals surface area contributed by atoms with Crippen LogP contribution >= 0.6 is 0 Å². The molecule has 0 radical (unpaired) electrons. The molecule has 38 heavy (non-hydrogen) atoms. The number of hydrogen-bond donors (Lipinski definition) is 5. The maximum Gasteiger partial charge on any atom is 0.408 e. The molecule has 0 unspecified atom stereocenters. The maximum atomic E-state index is 12.3. The second-order valence-corrected chi connectivity index (χ2v) is 8.29. The van der Waals surface area contributed by atoms with Crippen LogP contribution in [0.3, 0.4) is 0 Å². The smallest absolute Gasteiger partial charge is 0.408 e. The third-order valence-corrected chi connectivity index (χ3v) is 5.16. The fourth-order valence-corrected chi connectivity index (χ4v) is 3.14. The number of benzene rings is 2. The molecule has 0 bridgehead atoms. The van der Waals surface area contributed by atoms with E-state index in [0.717, 1.165) is 5.56 Å². The van der Waals surface area contributed by atoms with Crippen LogP contribution in [-0.2, 0) is 36.9 Å². The number of carboxylic acids is 1. The van der Waals surface area contributed by atoms with Gasteiger partial charge in [-0.15, -0.1) is 0 Å². The molecular weight excluding hydrogens is 496 g/mol. The number of amides is 3. The van der Waals surface area contributed by atoms with Gasteiger partial charge in [0.1, 0.15) is 24.4 Å². The molecule has 12 nitrogen and oxygen atoms in total. The molecule has 0 aliphatic carbocycles. The van der Waals surface area contributed by atoms with Gasteiger partial charge in [-0.2, -0.15) is 0 Å². The average molecular weight is 529 g/mol. The molecule has 2 rings (SSSR count). The first kappa shape index (κ1) is 29.8. The number of nitrogens with two attached hydrogens (primary N) is 1. The minimum Gasteiger partial charge on any atom is -0.480 e. The molecule has 6 N–H and O–H groups in total. The summed E-state index contributed by atoms with van der Waals surface area (Å²) in [6.07, 6.45) is -0.726. The summed E-state index contributed by atoms with van der Waals surface area (Å²) in [5.74, 6) is -2.57. The van der Waals surface area contributed by atoms with Crippen LogP contribution in [0.5, 0.6) is 5.75 Å². The monoisotopic (exact) mass is 528 g/mol. The lowest BCUT2D eigenvalue weighted by Gasteiger charge is -2.16. The van der Waals surface area contributed by atoms with Gasteiger partial charge >= 0.3 is 18.0 Å². The van der Waals surface area contributed by atoms with Crippen LogP contribution in [0.4, 0.5) is 4.79 Å². The minimum absolute atomic E-state index is 0.0138. The highest BCUT2D eigenvalue weighted by Crippen LogP contribution is 2.15. The molecule has 0 saturated carbocycles. The van der Waals surface area contributed by atoms with E-state index in [-0.39, 0.29) is 50.6 Å². The SMILES string of the molecule is C[C@H](NC(=O)OCc1ccccc1)C(=O)Oc1ccc(C[C@H](NC(=O)CCNC(=O)CCN)C(=O)O)cc1. The summed E-state index contributed by atoms with van der Waals surface area (Å²) < 4.78 is 10.3. The minimum atomic E-state index is -1.22. The number of hydrogen-bond acceptors (Lipinski definition) is 8. The van der Waals surface area contributed by atoms with Crippen molar-refractivity contribution in [2.45, 2.75) is 44.9 Å². The lowest BCUT2D eigenvalue weighted by atomic mass is 10.1.